The summed E-state index contributed by atoms with van der Waals surface area (Å²) in [4.78, 5) is 28.1. The number of amidine groups is 1. The van der Waals surface area contributed by atoms with Crippen molar-refractivity contribution in [1.82, 2.24) is 10.6 Å². The van der Waals surface area contributed by atoms with Crippen LogP contribution in [-0.2, 0) is 9.59 Å². The number of carbonyl (C=O) groups is 2. The van der Waals surface area contributed by atoms with Crippen LogP contribution in [0.25, 0.3) is 0 Å². The van der Waals surface area contributed by atoms with Crippen molar-refractivity contribution in [1.29, 1.82) is 0 Å². The molecule has 0 radical (unpaired) electrons. The van der Waals surface area contributed by atoms with Crippen molar-refractivity contribution in [3.63, 3.8) is 0 Å². The fourth-order valence-electron chi connectivity index (χ4n) is 2.80. The second kappa shape index (κ2) is 3.91. The van der Waals surface area contributed by atoms with Crippen LogP contribution in [0.2, 0.25) is 0 Å². The van der Waals surface area contributed by atoms with E-state index in [4.69, 9.17) is 0 Å². The molecule has 5 nitrogen and oxygen atoms in total. The van der Waals surface area contributed by atoms with E-state index in [1.165, 1.54) is 0 Å². The molecule has 1 atom stereocenters. The summed E-state index contributed by atoms with van der Waals surface area (Å²) in [5.74, 6) is 0.179. The third-order valence-corrected chi connectivity index (χ3v) is 4.16. The Morgan fingerprint density at radius 3 is 2.53 bits per heavy atom. The summed E-state index contributed by atoms with van der Waals surface area (Å²) in [5, 5.41) is 6.13. The maximum atomic E-state index is 12.0. The van der Waals surface area contributed by atoms with Crippen LogP contribution in [0.15, 0.2) is 4.99 Å². The molecule has 0 bridgehead atoms. The number of nitrogens with one attached hydrogen (secondary N) is 2. The van der Waals surface area contributed by atoms with E-state index < -0.39 is 5.41 Å². The van der Waals surface area contributed by atoms with Crippen LogP contribution in [0, 0.1) is 5.41 Å². The van der Waals surface area contributed by atoms with Gasteiger partial charge >= 0.3 is 0 Å². The van der Waals surface area contributed by atoms with Crippen molar-refractivity contribution in [2.45, 2.75) is 44.6 Å². The highest BCUT2D eigenvalue weighted by molar-refractivity contribution is 6.20. The third-order valence-electron chi connectivity index (χ3n) is 4.16. The van der Waals surface area contributed by atoms with Crippen molar-refractivity contribution in [3.05, 3.63) is 0 Å². The van der Waals surface area contributed by atoms with E-state index >= 15 is 0 Å². The molecule has 0 aromatic carbocycles. The highest BCUT2D eigenvalue weighted by Crippen LogP contribution is 2.43. The Morgan fingerprint density at radius 1 is 1.18 bits per heavy atom. The zero-order chi connectivity index (χ0) is 11.9. The van der Waals surface area contributed by atoms with Crippen LogP contribution < -0.4 is 10.6 Å². The van der Waals surface area contributed by atoms with Gasteiger partial charge < -0.3 is 10.6 Å². The minimum absolute atomic E-state index is 0.0501. The van der Waals surface area contributed by atoms with Crippen molar-refractivity contribution in [2.24, 2.45) is 10.4 Å². The summed E-state index contributed by atoms with van der Waals surface area (Å²) >= 11 is 0. The highest BCUT2D eigenvalue weighted by atomic mass is 16.2. The summed E-state index contributed by atoms with van der Waals surface area (Å²) < 4.78 is 0. The number of carbonyl (C=O) groups excluding carboxylic acids is 2. The van der Waals surface area contributed by atoms with E-state index in [9.17, 15) is 9.59 Å². The van der Waals surface area contributed by atoms with Gasteiger partial charge in [-0.15, -0.1) is 0 Å². The van der Waals surface area contributed by atoms with Crippen LogP contribution in [0.5, 0.6) is 0 Å². The van der Waals surface area contributed by atoms with E-state index in [0.717, 1.165) is 32.2 Å². The van der Waals surface area contributed by atoms with Gasteiger partial charge in [-0.05, 0) is 32.2 Å². The number of hydrogen-bond acceptors (Lipinski definition) is 3. The predicted octanol–water partition coefficient (Wildman–Crippen LogP) is 0.354. The molecule has 1 saturated carbocycles. The molecular weight excluding hydrogens is 218 g/mol. The molecule has 1 saturated heterocycles. The average molecular weight is 235 g/mol. The van der Waals surface area contributed by atoms with Crippen LogP contribution >= 0.6 is 0 Å². The minimum atomic E-state index is -0.807. The second-order valence-electron chi connectivity index (χ2n) is 5.19. The molecule has 1 aliphatic carbocycles. The highest BCUT2D eigenvalue weighted by Gasteiger charge is 2.53. The zero-order valence-corrected chi connectivity index (χ0v) is 9.79. The fourth-order valence-corrected chi connectivity index (χ4v) is 2.80. The zero-order valence-electron chi connectivity index (χ0n) is 9.79. The van der Waals surface area contributed by atoms with Gasteiger partial charge in [0.15, 0.2) is 0 Å². The lowest BCUT2D eigenvalue weighted by Crippen LogP contribution is -2.60. The minimum Gasteiger partial charge on any atom is -0.312 e. The maximum absolute atomic E-state index is 12.0. The number of hydrogen-bond donors (Lipinski definition) is 2. The van der Waals surface area contributed by atoms with Crippen molar-refractivity contribution < 1.29 is 9.59 Å². The summed E-state index contributed by atoms with van der Waals surface area (Å²) in [6, 6.07) is 0.0501. The standard InChI is InChI=1S/C12H17N3O2/c16-10-12(5-3-6-12)11(17)15-9(14-10)8-4-1-2-7-13-8/h8,13H,1-7H2,(H,14,15,16,17). The van der Waals surface area contributed by atoms with Crippen molar-refractivity contribution >= 4 is 17.6 Å². The molecule has 2 amide bonds. The van der Waals surface area contributed by atoms with Crippen molar-refractivity contribution in [3.8, 4) is 0 Å². The van der Waals surface area contributed by atoms with Gasteiger partial charge in [0.2, 0.25) is 5.91 Å². The predicted molar refractivity (Wildman–Crippen MR) is 62.5 cm³/mol. The Hall–Kier alpha value is -1.23. The van der Waals surface area contributed by atoms with Gasteiger partial charge in [-0.1, -0.05) is 12.8 Å². The molecule has 0 aromatic rings. The molecule has 17 heavy (non-hydrogen) atoms. The SMILES string of the molecule is O=C1N=C(C2CCCCN2)NC(=O)C12CCC2. The molecule has 2 N–H and O–H groups in total. The largest absolute Gasteiger partial charge is 0.312 e. The maximum Gasteiger partial charge on any atom is 0.263 e. The lowest BCUT2D eigenvalue weighted by atomic mass is 9.67. The number of rotatable bonds is 1. The Morgan fingerprint density at radius 2 is 2.00 bits per heavy atom. The molecule has 3 rings (SSSR count). The quantitative estimate of drug-likeness (QED) is 0.644. The van der Waals surface area contributed by atoms with Crippen LogP contribution in [0.1, 0.15) is 38.5 Å². The molecule has 2 heterocycles. The summed E-state index contributed by atoms with van der Waals surface area (Å²) in [6.45, 7) is 0.929. The molecule has 2 aliphatic heterocycles. The first-order valence-corrected chi connectivity index (χ1v) is 6.40. The summed E-state index contributed by atoms with van der Waals surface area (Å²) in [5.41, 5.74) is -0.807. The number of aliphatic imine (C=N–C) groups is 1. The molecule has 1 unspecified atom stereocenters. The Bertz CT molecular complexity index is 393. The molecular formula is C12H17N3O2. The first-order valence-electron chi connectivity index (χ1n) is 6.40. The number of nitrogens with zero attached hydrogens (tertiary/aromatic N) is 1. The van der Waals surface area contributed by atoms with E-state index in [-0.39, 0.29) is 17.9 Å². The average Bonchev–Trinajstić information content (AvgIpc) is 2.27. The van der Waals surface area contributed by atoms with Crippen LogP contribution in [0.3, 0.4) is 0 Å². The summed E-state index contributed by atoms with van der Waals surface area (Å²) in [6.07, 6.45) is 5.48. The number of amides is 2. The van der Waals surface area contributed by atoms with Gasteiger partial charge in [0.1, 0.15) is 11.3 Å². The Labute approximate surface area is 100 Å². The van der Waals surface area contributed by atoms with E-state index in [1.54, 1.807) is 0 Å². The lowest BCUT2D eigenvalue weighted by Gasteiger charge is -2.40. The van der Waals surface area contributed by atoms with Crippen molar-refractivity contribution in [2.75, 3.05) is 6.54 Å². The van der Waals surface area contributed by atoms with Gasteiger partial charge in [0.05, 0.1) is 6.04 Å². The molecule has 92 valence electrons. The smallest absolute Gasteiger partial charge is 0.263 e. The number of piperidine rings is 1. The Balaban J connectivity index is 1.81. The molecule has 3 aliphatic rings. The topological polar surface area (TPSA) is 70.6 Å². The van der Waals surface area contributed by atoms with Gasteiger partial charge in [-0.3, -0.25) is 9.59 Å². The van der Waals surface area contributed by atoms with Gasteiger partial charge in [-0.2, -0.15) is 4.99 Å². The molecule has 2 fully saturated rings. The second-order valence-corrected chi connectivity index (χ2v) is 5.19. The van der Waals surface area contributed by atoms with E-state index in [1.807, 2.05) is 0 Å². The van der Waals surface area contributed by atoms with Crippen LogP contribution in [-0.4, -0.2) is 30.2 Å². The van der Waals surface area contributed by atoms with Crippen LogP contribution in [0.4, 0.5) is 0 Å². The third kappa shape index (κ3) is 1.60. The van der Waals surface area contributed by atoms with E-state index in [2.05, 4.69) is 15.6 Å². The monoisotopic (exact) mass is 235 g/mol. The van der Waals surface area contributed by atoms with Gasteiger partial charge in [-0.25, -0.2) is 0 Å². The lowest BCUT2D eigenvalue weighted by molar-refractivity contribution is -0.147. The normalized spacial score (nSPS) is 31.8. The Kier molecular flexibility index (Phi) is 2.50. The first kappa shape index (κ1) is 10.9. The summed E-state index contributed by atoms with van der Waals surface area (Å²) in [7, 11) is 0. The first-order chi connectivity index (χ1) is 8.22. The van der Waals surface area contributed by atoms with Gasteiger partial charge in [0.25, 0.3) is 5.91 Å². The van der Waals surface area contributed by atoms with Gasteiger partial charge in [0, 0.05) is 0 Å². The molecule has 0 aromatic heterocycles. The molecule has 5 heteroatoms. The fraction of sp³-hybridized carbons (Fsp3) is 0.750. The molecule has 1 spiro atoms. The van der Waals surface area contributed by atoms with E-state index in [0.29, 0.717) is 18.7 Å².